The standard InChI is InChI=1S/C16H20O3/c1-12(2)9-13-3-5-14(6-4-13)16(10-19-11-16)8-7-15(17)18/h3-8,12H,9-11H2,1-2H3,(H,17,18)/b8-7+. The average molecular weight is 260 g/mol. The van der Waals surface area contributed by atoms with Gasteiger partial charge in [-0.3, -0.25) is 0 Å². The number of rotatable bonds is 5. The molecule has 3 heteroatoms. The number of carbonyl (C=O) groups is 1. The predicted octanol–water partition coefficient (Wildman–Crippen LogP) is 2.79. The van der Waals surface area contributed by atoms with E-state index in [4.69, 9.17) is 9.84 Å². The third-order valence-electron chi connectivity index (χ3n) is 3.44. The SMILES string of the molecule is CC(C)Cc1ccc(C2(/C=C/C(=O)O)COC2)cc1. The Hall–Kier alpha value is -1.61. The number of benzene rings is 1. The van der Waals surface area contributed by atoms with E-state index < -0.39 is 5.97 Å². The first kappa shape index (κ1) is 13.8. The highest BCUT2D eigenvalue weighted by molar-refractivity contribution is 5.80. The minimum atomic E-state index is -0.914. The predicted molar refractivity (Wildman–Crippen MR) is 74.3 cm³/mol. The fourth-order valence-corrected chi connectivity index (χ4v) is 2.36. The molecule has 0 bridgehead atoms. The van der Waals surface area contributed by atoms with Gasteiger partial charge in [0.25, 0.3) is 0 Å². The van der Waals surface area contributed by atoms with Gasteiger partial charge in [0.15, 0.2) is 0 Å². The van der Waals surface area contributed by atoms with E-state index in [1.54, 1.807) is 6.08 Å². The molecule has 0 amide bonds. The van der Waals surface area contributed by atoms with Crippen LogP contribution in [0.2, 0.25) is 0 Å². The van der Waals surface area contributed by atoms with Crippen molar-refractivity contribution in [2.45, 2.75) is 25.7 Å². The molecule has 0 aromatic heterocycles. The van der Waals surface area contributed by atoms with Gasteiger partial charge in [-0.1, -0.05) is 44.2 Å². The van der Waals surface area contributed by atoms with E-state index in [2.05, 4.69) is 38.1 Å². The van der Waals surface area contributed by atoms with E-state index in [9.17, 15) is 4.79 Å². The number of aliphatic carboxylic acids is 1. The van der Waals surface area contributed by atoms with Crippen LogP contribution < -0.4 is 0 Å². The smallest absolute Gasteiger partial charge is 0.328 e. The molecular weight excluding hydrogens is 240 g/mol. The molecule has 1 saturated heterocycles. The lowest BCUT2D eigenvalue weighted by molar-refractivity contribution is -0.131. The van der Waals surface area contributed by atoms with Gasteiger partial charge >= 0.3 is 5.97 Å². The highest BCUT2D eigenvalue weighted by Gasteiger charge is 2.37. The van der Waals surface area contributed by atoms with Crippen LogP contribution in [0.25, 0.3) is 0 Å². The molecule has 1 aliphatic heterocycles. The molecule has 102 valence electrons. The molecule has 1 aromatic carbocycles. The molecule has 2 rings (SSSR count). The summed E-state index contributed by atoms with van der Waals surface area (Å²) in [7, 11) is 0. The number of ether oxygens (including phenoxy) is 1. The Morgan fingerprint density at radius 1 is 1.37 bits per heavy atom. The summed E-state index contributed by atoms with van der Waals surface area (Å²) in [6, 6.07) is 8.44. The third kappa shape index (κ3) is 3.24. The van der Waals surface area contributed by atoms with Crippen molar-refractivity contribution in [3.05, 3.63) is 47.5 Å². The molecule has 19 heavy (non-hydrogen) atoms. The molecule has 0 aliphatic carbocycles. The highest BCUT2D eigenvalue weighted by atomic mass is 16.5. The van der Waals surface area contributed by atoms with Crippen LogP contribution in [0.5, 0.6) is 0 Å². The molecule has 3 nitrogen and oxygen atoms in total. The van der Waals surface area contributed by atoms with Crippen molar-refractivity contribution in [2.75, 3.05) is 13.2 Å². The fourth-order valence-electron chi connectivity index (χ4n) is 2.36. The van der Waals surface area contributed by atoms with Crippen LogP contribution in [0.4, 0.5) is 0 Å². The molecule has 0 spiro atoms. The third-order valence-corrected chi connectivity index (χ3v) is 3.44. The largest absolute Gasteiger partial charge is 0.478 e. The molecule has 1 N–H and O–H groups in total. The van der Waals surface area contributed by atoms with Crippen molar-refractivity contribution >= 4 is 5.97 Å². The maximum absolute atomic E-state index is 10.7. The number of hydrogen-bond acceptors (Lipinski definition) is 2. The van der Waals surface area contributed by atoms with Gasteiger partial charge in [0.1, 0.15) is 0 Å². The fraction of sp³-hybridized carbons (Fsp3) is 0.438. The van der Waals surface area contributed by atoms with Gasteiger partial charge in [0.05, 0.1) is 18.6 Å². The first-order valence-electron chi connectivity index (χ1n) is 6.61. The second kappa shape index (κ2) is 5.57. The number of hydrogen-bond donors (Lipinski definition) is 1. The summed E-state index contributed by atoms with van der Waals surface area (Å²) in [6.07, 6.45) is 4.02. The quantitative estimate of drug-likeness (QED) is 0.828. The molecule has 0 radical (unpaired) electrons. The van der Waals surface area contributed by atoms with Crippen molar-refractivity contribution in [3.8, 4) is 0 Å². The van der Waals surface area contributed by atoms with Crippen molar-refractivity contribution in [1.29, 1.82) is 0 Å². The number of carboxylic acid groups (broad SMARTS) is 1. The normalized spacial score (nSPS) is 17.6. The minimum absolute atomic E-state index is 0.255. The van der Waals surface area contributed by atoms with E-state index in [1.807, 2.05) is 0 Å². The monoisotopic (exact) mass is 260 g/mol. The van der Waals surface area contributed by atoms with Crippen molar-refractivity contribution in [3.63, 3.8) is 0 Å². The van der Waals surface area contributed by atoms with Crippen molar-refractivity contribution in [1.82, 2.24) is 0 Å². The minimum Gasteiger partial charge on any atom is -0.478 e. The summed E-state index contributed by atoms with van der Waals surface area (Å²) in [4.78, 5) is 10.7. The Labute approximate surface area is 113 Å². The lowest BCUT2D eigenvalue weighted by Gasteiger charge is -2.39. The van der Waals surface area contributed by atoms with Gasteiger partial charge in [-0.2, -0.15) is 0 Å². The Morgan fingerprint density at radius 2 is 2.00 bits per heavy atom. The van der Waals surface area contributed by atoms with E-state index >= 15 is 0 Å². The lowest BCUT2D eigenvalue weighted by atomic mass is 9.78. The lowest BCUT2D eigenvalue weighted by Crippen LogP contribution is -2.45. The van der Waals surface area contributed by atoms with Crippen LogP contribution in [-0.2, 0) is 21.4 Å². The van der Waals surface area contributed by atoms with Crippen LogP contribution in [-0.4, -0.2) is 24.3 Å². The van der Waals surface area contributed by atoms with Gasteiger partial charge in [0, 0.05) is 6.08 Å². The van der Waals surface area contributed by atoms with E-state index in [0.717, 1.165) is 12.0 Å². The van der Waals surface area contributed by atoms with Crippen LogP contribution >= 0.6 is 0 Å². The van der Waals surface area contributed by atoms with E-state index in [0.29, 0.717) is 19.1 Å². The molecule has 0 saturated carbocycles. The van der Waals surface area contributed by atoms with Crippen LogP contribution in [0, 0.1) is 5.92 Å². The first-order valence-corrected chi connectivity index (χ1v) is 6.61. The summed E-state index contributed by atoms with van der Waals surface area (Å²) in [6.45, 7) is 5.51. The van der Waals surface area contributed by atoms with Gasteiger partial charge < -0.3 is 9.84 Å². The molecule has 0 unspecified atom stereocenters. The van der Waals surface area contributed by atoms with Crippen molar-refractivity contribution in [2.24, 2.45) is 5.92 Å². The summed E-state index contributed by atoms with van der Waals surface area (Å²) >= 11 is 0. The summed E-state index contributed by atoms with van der Waals surface area (Å²) < 4.78 is 5.28. The van der Waals surface area contributed by atoms with E-state index in [-0.39, 0.29) is 5.41 Å². The Balaban J connectivity index is 2.17. The average Bonchev–Trinajstić information content (AvgIpc) is 2.28. The summed E-state index contributed by atoms with van der Waals surface area (Å²) in [5.41, 5.74) is 2.19. The van der Waals surface area contributed by atoms with Crippen LogP contribution in [0.15, 0.2) is 36.4 Å². The van der Waals surface area contributed by atoms with Crippen LogP contribution in [0.1, 0.15) is 25.0 Å². The second-order valence-corrected chi connectivity index (χ2v) is 5.62. The summed E-state index contributed by atoms with van der Waals surface area (Å²) in [5, 5.41) is 8.76. The Bertz CT molecular complexity index is 467. The molecule has 1 aromatic rings. The Morgan fingerprint density at radius 3 is 2.42 bits per heavy atom. The molecule has 1 aliphatic rings. The zero-order chi connectivity index (χ0) is 13.9. The van der Waals surface area contributed by atoms with Gasteiger partial charge in [-0.15, -0.1) is 0 Å². The topological polar surface area (TPSA) is 46.5 Å². The second-order valence-electron chi connectivity index (χ2n) is 5.62. The molecule has 0 atom stereocenters. The maximum Gasteiger partial charge on any atom is 0.328 e. The van der Waals surface area contributed by atoms with Gasteiger partial charge in [0.2, 0.25) is 0 Å². The zero-order valence-electron chi connectivity index (χ0n) is 11.4. The van der Waals surface area contributed by atoms with Gasteiger partial charge in [-0.05, 0) is 23.5 Å². The molecule has 1 fully saturated rings. The Kier molecular flexibility index (Phi) is 4.05. The van der Waals surface area contributed by atoms with E-state index in [1.165, 1.54) is 11.6 Å². The van der Waals surface area contributed by atoms with Gasteiger partial charge in [-0.25, -0.2) is 4.79 Å². The van der Waals surface area contributed by atoms with Crippen molar-refractivity contribution < 1.29 is 14.6 Å². The zero-order valence-corrected chi connectivity index (χ0v) is 11.4. The summed E-state index contributed by atoms with van der Waals surface area (Å²) in [5.74, 6) is -0.276. The maximum atomic E-state index is 10.7. The highest BCUT2D eigenvalue weighted by Crippen LogP contribution is 2.34. The molecular formula is C16H20O3. The molecule has 1 heterocycles. The first-order chi connectivity index (χ1) is 9.02. The number of carboxylic acids is 1. The van der Waals surface area contributed by atoms with Crippen LogP contribution in [0.3, 0.4) is 0 Å².